The molecule has 1 aromatic rings. The van der Waals surface area contributed by atoms with E-state index in [0.717, 1.165) is 4.90 Å². The van der Waals surface area contributed by atoms with Gasteiger partial charge in [0.05, 0.1) is 5.69 Å². The Bertz CT molecular complexity index is 689. The third-order valence-electron chi connectivity index (χ3n) is 3.06. The number of nitrogens with zero attached hydrogens (tertiary/aromatic N) is 3. The van der Waals surface area contributed by atoms with Crippen molar-refractivity contribution in [1.82, 2.24) is 4.90 Å². The number of hydrogen-bond donors (Lipinski definition) is 1. The number of carbonyl (C=O) groups excluding carboxylic acids is 2. The molecule has 0 aliphatic rings. The first kappa shape index (κ1) is 18.7. The molecule has 0 radical (unpaired) electrons. The van der Waals surface area contributed by atoms with E-state index in [1.807, 2.05) is 6.07 Å². The SMILES string of the molecule is C=CCN(/C=C(/C#N)C(=O)N(C(C)=O)c1ccc(N)cc1)CC=C. The van der Waals surface area contributed by atoms with E-state index in [2.05, 4.69) is 13.2 Å². The minimum absolute atomic E-state index is 0.161. The van der Waals surface area contributed by atoms with Crippen LogP contribution in [0.4, 0.5) is 11.4 Å². The summed E-state index contributed by atoms with van der Waals surface area (Å²) < 4.78 is 0. The summed E-state index contributed by atoms with van der Waals surface area (Å²) in [7, 11) is 0. The highest BCUT2D eigenvalue weighted by molar-refractivity contribution is 6.21. The molecule has 0 aliphatic heterocycles. The average molecular weight is 324 g/mol. The van der Waals surface area contributed by atoms with Crippen molar-refractivity contribution in [2.24, 2.45) is 0 Å². The van der Waals surface area contributed by atoms with Crippen LogP contribution in [-0.2, 0) is 9.59 Å². The van der Waals surface area contributed by atoms with Crippen molar-refractivity contribution in [1.29, 1.82) is 5.26 Å². The van der Waals surface area contributed by atoms with Crippen LogP contribution < -0.4 is 10.6 Å². The first-order valence-corrected chi connectivity index (χ1v) is 7.23. The number of nitrogens with two attached hydrogens (primary N) is 1. The molecule has 0 bridgehead atoms. The summed E-state index contributed by atoms with van der Waals surface area (Å²) in [5.74, 6) is -1.20. The standard InChI is InChI=1S/C18H20N4O2/c1-4-10-21(11-5-2)13-15(12-19)18(24)22(14(3)23)17-8-6-16(20)7-9-17/h4-9,13H,1-2,10-11,20H2,3H3/b15-13-. The van der Waals surface area contributed by atoms with Gasteiger partial charge in [0.1, 0.15) is 11.6 Å². The van der Waals surface area contributed by atoms with Crippen LogP contribution in [-0.4, -0.2) is 29.8 Å². The second kappa shape index (κ2) is 8.96. The van der Waals surface area contributed by atoms with Crippen molar-refractivity contribution in [2.75, 3.05) is 23.7 Å². The van der Waals surface area contributed by atoms with Crippen LogP contribution in [0, 0.1) is 11.3 Å². The van der Waals surface area contributed by atoms with Crippen molar-refractivity contribution in [2.45, 2.75) is 6.92 Å². The lowest BCUT2D eigenvalue weighted by Crippen LogP contribution is -2.36. The highest BCUT2D eigenvalue weighted by atomic mass is 16.2. The Kier molecular flexibility index (Phi) is 6.98. The van der Waals surface area contributed by atoms with E-state index >= 15 is 0 Å². The van der Waals surface area contributed by atoms with Crippen LogP contribution >= 0.6 is 0 Å². The molecule has 2 amide bonds. The summed E-state index contributed by atoms with van der Waals surface area (Å²) in [4.78, 5) is 27.2. The van der Waals surface area contributed by atoms with E-state index < -0.39 is 11.8 Å². The number of imide groups is 1. The fourth-order valence-electron chi connectivity index (χ4n) is 2.01. The van der Waals surface area contributed by atoms with Gasteiger partial charge in [-0.3, -0.25) is 9.59 Å². The molecule has 24 heavy (non-hydrogen) atoms. The van der Waals surface area contributed by atoms with Gasteiger partial charge in [-0.1, -0.05) is 12.2 Å². The number of amides is 2. The molecule has 6 nitrogen and oxygen atoms in total. The molecule has 0 aliphatic carbocycles. The Labute approximate surface area is 141 Å². The quantitative estimate of drug-likeness (QED) is 0.359. The Morgan fingerprint density at radius 2 is 1.75 bits per heavy atom. The molecule has 0 aromatic heterocycles. The van der Waals surface area contributed by atoms with Crippen molar-refractivity contribution in [3.8, 4) is 6.07 Å². The predicted molar refractivity (Wildman–Crippen MR) is 94.7 cm³/mol. The molecule has 0 unspecified atom stereocenters. The molecule has 0 atom stereocenters. The van der Waals surface area contributed by atoms with Crippen LogP contribution in [0.2, 0.25) is 0 Å². The van der Waals surface area contributed by atoms with Crippen LogP contribution in [0.5, 0.6) is 0 Å². The summed E-state index contributed by atoms with van der Waals surface area (Å²) in [6, 6.07) is 8.11. The highest BCUT2D eigenvalue weighted by Crippen LogP contribution is 2.19. The zero-order chi connectivity index (χ0) is 18.1. The van der Waals surface area contributed by atoms with Gasteiger partial charge in [0.2, 0.25) is 5.91 Å². The monoisotopic (exact) mass is 324 g/mol. The zero-order valence-corrected chi connectivity index (χ0v) is 13.6. The van der Waals surface area contributed by atoms with Gasteiger partial charge < -0.3 is 10.6 Å². The van der Waals surface area contributed by atoms with Gasteiger partial charge in [0, 0.05) is 31.9 Å². The van der Waals surface area contributed by atoms with Gasteiger partial charge in [-0.05, 0) is 24.3 Å². The lowest BCUT2D eigenvalue weighted by Gasteiger charge is -2.21. The lowest BCUT2D eigenvalue weighted by molar-refractivity contribution is -0.123. The van der Waals surface area contributed by atoms with E-state index in [4.69, 9.17) is 5.73 Å². The van der Waals surface area contributed by atoms with Gasteiger partial charge in [-0.15, -0.1) is 13.2 Å². The maximum Gasteiger partial charge on any atom is 0.277 e. The molecular formula is C18H20N4O2. The zero-order valence-electron chi connectivity index (χ0n) is 13.6. The Morgan fingerprint density at radius 1 is 1.21 bits per heavy atom. The van der Waals surface area contributed by atoms with Gasteiger partial charge in [0.25, 0.3) is 5.91 Å². The van der Waals surface area contributed by atoms with E-state index in [9.17, 15) is 14.9 Å². The van der Waals surface area contributed by atoms with Gasteiger partial charge in [0.15, 0.2) is 0 Å². The predicted octanol–water partition coefficient (Wildman–Crippen LogP) is 2.23. The highest BCUT2D eigenvalue weighted by Gasteiger charge is 2.24. The van der Waals surface area contributed by atoms with E-state index in [1.54, 1.807) is 41.3 Å². The number of nitriles is 1. The Morgan fingerprint density at radius 3 is 2.17 bits per heavy atom. The minimum atomic E-state index is -0.701. The summed E-state index contributed by atoms with van der Waals surface area (Å²) in [6.45, 7) is 9.39. The Hall–Kier alpha value is -3.33. The Balaban J connectivity index is 3.22. The van der Waals surface area contributed by atoms with Crippen LogP contribution in [0.15, 0.2) is 61.3 Å². The van der Waals surface area contributed by atoms with Gasteiger partial charge in [-0.2, -0.15) is 5.26 Å². The number of nitrogen functional groups attached to an aromatic ring is 1. The number of carbonyl (C=O) groups is 2. The smallest absolute Gasteiger partial charge is 0.277 e. The summed E-state index contributed by atoms with van der Waals surface area (Å²) in [5, 5.41) is 9.33. The third kappa shape index (κ3) is 4.85. The van der Waals surface area contributed by atoms with E-state index in [-0.39, 0.29) is 5.57 Å². The minimum Gasteiger partial charge on any atom is -0.399 e. The first-order chi connectivity index (χ1) is 11.4. The maximum absolute atomic E-state index is 12.7. The summed E-state index contributed by atoms with van der Waals surface area (Å²) in [6.07, 6.45) is 4.68. The van der Waals surface area contributed by atoms with Crippen LogP contribution in [0.3, 0.4) is 0 Å². The third-order valence-corrected chi connectivity index (χ3v) is 3.06. The molecule has 1 rings (SSSR count). The van der Waals surface area contributed by atoms with Crippen LogP contribution in [0.1, 0.15) is 6.92 Å². The number of benzene rings is 1. The molecule has 6 heteroatoms. The number of anilines is 2. The normalized spacial score (nSPS) is 10.4. The first-order valence-electron chi connectivity index (χ1n) is 7.23. The number of hydrogen-bond acceptors (Lipinski definition) is 5. The fraction of sp³-hybridized carbons (Fsp3) is 0.167. The maximum atomic E-state index is 12.7. The average Bonchev–Trinajstić information content (AvgIpc) is 2.54. The van der Waals surface area contributed by atoms with Crippen molar-refractivity contribution >= 4 is 23.2 Å². The summed E-state index contributed by atoms with van der Waals surface area (Å²) >= 11 is 0. The largest absolute Gasteiger partial charge is 0.399 e. The molecule has 2 N–H and O–H groups in total. The second-order valence-corrected chi connectivity index (χ2v) is 4.94. The van der Waals surface area contributed by atoms with Crippen molar-refractivity contribution in [3.63, 3.8) is 0 Å². The van der Waals surface area contributed by atoms with Gasteiger partial charge in [-0.25, -0.2) is 4.90 Å². The molecule has 0 saturated heterocycles. The van der Waals surface area contributed by atoms with Crippen molar-refractivity contribution < 1.29 is 9.59 Å². The molecule has 0 heterocycles. The second-order valence-electron chi connectivity index (χ2n) is 4.94. The molecule has 0 fully saturated rings. The fourth-order valence-corrected chi connectivity index (χ4v) is 2.01. The van der Waals surface area contributed by atoms with E-state index in [0.29, 0.717) is 24.5 Å². The summed E-state index contributed by atoms with van der Waals surface area (Å²) in [5.41, 5.74) is 6.32. The van der Waals surface area contributed by atoms with Crippen LogP contribution in [0.25, 0.3) is 0 Å². The van der Waals surface area contributed by atoms with E-state index in [1.165, 1.54) is 13.1 Å². The van der Waals surface area contributed by atoms with Crippen molar-refractivity contribution in [3.05, 3.63) is 61.3 Å². The molecule has 0 spiro atoms. The lowest BCUT2D eigenvalue weighted by atomic mass is 10.2. The molecule has 1 aromatic carbocycles. The molecule has 124 valence electrons. The molecule has 0 saturated carbocycles. The molecular weight excluding hydrogens is 304 g/mol. The number of rotatable bonds is 7. The van der Waals surface area contributed by atoms with Gasteiger partial charge >= 0.3 is 0 Å². The topological polar surface area (TPSA) is 90.4 Å².